The Morgan fingerprint density at radius 1 is 1.29 bits per heavy atom. The van der Waals surface area contributed by atoms with Crippen molar-refractivity contribution in [3.05, 3.63) is 55.4 Å². The molecule has 28 heavy (non-hydrogen) atoms. The van der Waals surface area contributed by atoms with Crippen molar-refractivity contribution >= 4 is 62.3 Å². The van der Waals surface area contributed by atoms with Crippen molar-refractivity contribution < 1.29 is 14.7 Å². The van der Waals surface area contributed by atoms with Gasteiger partial charge in [0, 0.05) is 17.5 Å². The van der Waals surface area contributed by atoms with Crippen LogP contribution in [0.3, 0.4) is 0 Å². The molecular formula is C18H15Cl2N3O4S. The Morgan fingerprint density at radius 3 is 2.68 bits per heavy atom. The molecule has 0 fully saturated rings. The third kappa shape index (κ3) is 4.04. The van der Waals surface area contributed by atoms with Crippen LogP contribution in [0.1, 0.15) is 29.5 Å². The van der Waals surface area contributed by atoms with Gasteiger partial charge in [-0.2, -0.15) is 0 Å². The number of carboxylic acids is 1. The lowest BCUT2D eigenvalue weighted by Crippen LogP contribution is -2.31. The highest BCUT2D eigenvalue weighted by molar-refractivity contribution is 7.17. The number of halogens is 2. The monoisotopic (exact) mass is 439 g/mol. The number of carbonyl (C=O) groups is 2. The van der Waals surface area contributed by atoms with Crippen molar-refractivity contribution in [2.75, 3.05) is 5.32 Å². The van der Waals surface area contributed by atoms with E-state index in [1.165, 1.54) is 16.0 Å². The number of amides is 1. The van der Waals surface area contributed by atoms with Crippen LogP contribution in [0.2, 0.25) is 10.0 Å². The van der Waals surface area contributed by atoms with Gasteiger partial charge in [-0.3, -0.25) is 14.2 Å². The van der Waals surface area contributed by atoms with Crippen LogP contribution in [-0.4, -0.2) is 26.5 Å². The van der Waals surface area contributed by atoms with Crippen molar-refractivity contribution in [1.82, 2.24) is 9.55 Å². The van der Waals surface area contributed by atoms with E-state index >= 15 is 0 Å². The Bertz CT molecular complexity index is 1140. The minimum Gasteiger partial charge on any atom is -0.478 e. The number of hydrogen-bond acceptors (Lipinski definition) is 5. The number of anilines is 1. The number of aromatic carboxylic acids is 1. The average Bonchev–Trinajstić information content (AvgIpc) is 3.06. The van der Waals surface area contributed by atoms with E-state index in [4.69, 9.17) is 23.2 Å². The zero-order valence-electron chi connectivity index (χ0n) is 14.7. The van der Waals surface area contributed by atoms with E-state index in [0.29, 0.717) is 34.2 Å². The number of hydrogen-bond donors (Lipinski definition) is 2. The maximum absolute atomic E-state index is 12.9. The van der Waals surface area contributed by atoms with Gasteiger partial charge in [0.2, 0.25) is 5.91 Å². The normalized spacial score (nSPS) is 11.0. The summed E-state index contributed by atoms with van der Waals surface area (Å²) in [5.41, 5.74) is -0.226. The van der Waals surface area contributed by atoms with Gasteiger partial charge in [0.1, 0.15) is 17.2 Å². The number of carbonyl (C=O) groups excluding carboxylic acids is 1. The summed E-state index contributed by atoms with van der Waals surface area (Å²) >= 11 is 12.9. The van der Waals surface area contributed by atoms with Crippen LogP contribution >= 0.6 is 34.5 Å². The average molecular weight is 440 g/mol. The van der Waals surface area contributed by atoms with Crippen LogP contribution in [0.5, 0.6) is 0 Å². The Balaban J connectivity index is 1.99. The fourth-order valence-corrected chi connectivity index (χ4v) is 3.94. The Hall–Kier alpha value is -2.42. The van der Waals surface area contributed by atoms with Crippen LogP contribution in [0.15, 0.2) is 28.4 Å². The van der Waals surface area contributed by atoms with Gasteiger partial charge in [-0.1, -0.05) is 30.1 Å². The molecule has 0 unspecified atom stereocenters. The summed E-state index contributed by atoms with van der Waals surface area (Å²) in [5.74, 6) is -1.24. The lowest BCUT2D eigenvalue weighted by atomic mass is 10.2. The molecular weight excluding hydrogens is 425 g/mol. The predicted molar refractivity (Wildman–Crippen MR) is 110 cm³/mol. The van der Waals surface area contributed by atoms with Gasteiger partial charge >= 0.3 is 5.97 Å². The van der Waals surface area contributed by atoms with Crippen LogP contribution in [0.4, 0.5) is 5.69 Å². The summed E-state index contributed by atoms with van der Waals surface area (Å²) in [6.45, 7) is 1.62. The van der Waals surface area contributed by atoms with Crippen molar-refractivity contribution in [1.29, 1.82) is 0 Å². The smallest absolute Gasteiger partial charge is 0.337 e. The molecule has 0 aliphatic rings. The number of benzene rings is 1. The van der Waals surface area contributed by atoms with Crippen LogP contribution in [0, 0.1) is 0 Å². The molecule has 146 valence electrons. The summed E-state index contributed by atoms with van der Waals surface area (Å²) in [5, 5.41) is 14.0. The van der Waals surface area contributed by atoms with Gasteiger partial charge in [-0.25, -0.2) is 9.78 Å². The van der Waals surface area contributed by atoms with E-state index in [-0.39, 0.29) is 22.5 Å². The zero-order chi connectivity index (χ0) is 20.4. The topological polar surface area (TPSA) is 101 Å². The summed E-state index contributed by atoms with van der Waals surface area (Å²) in [6.07, 6.45) is 1.19. The highest BCUT2D eigenvalue weighted by Gasteiger charge is 2.20. The molecule has 1 amide bonds. The number of fused-ring (bicyclic) bond motifs is 1. The molecule has 0 aliphatic carbocycles. The van der Waals surface area contributed by atoms with Crippen molar-refractivity contribution in [3.8, 4) is 0 Å². The van der Waals surface area contributed by atoms with E-state index in [0.717, 1.165) is 11.3 Å². The highest BCUT2D eigenvalue weighted by Crippen LogP contribution is 2.25. The number of carboxylic acid groups (broad SMARTS) is 1. The zero-order valence-corrected chi connectivity index (χ0v) is 17.0. The van der Waals surface area contributed by atoms with E-state index < -0.39 is 17.4 Å². The molecule has 0 spiro atoms. The molecule has 10 heteroatoms. The lowest BCUT2D eigenvalue weighted by molar-refractivity contribution is -0.116. The Morgan fingerprint density at radius 2 is 2.04 bits per heavy atom. The maximum atomic E-state index is 12.9. The summed E-state index contributed by atoms with van der Waals surface area (Å²) in [4.78, 5) is 41.6. The summed E-state index contributed by atoms with van der Waals surface area (Å²) in [6, 6.07) is 4.64. The van der Waals surface area contributed by atoms with Gasteiger partial charge < -0.3 is 10.4 Å². The van der Waals surface area contributed by atoms with E-state index in [1.54, 1.807) is 12.1 Å². The molecule has 2 heterocycles. The van der Waals surface area contributed by atoms with Gasteiger partial charge in [-0.15, -0.1) is 11.3 Å². The van der Waals surface area contributed by atoms with Gasteiger partial charge in [0.25, 0.3) is 5.56 Å². The molecule has 0 aliphatic heterocycles. The SMILES string of the molecule is CCCc1nc2scc(C(=O)O)c2c(=O)n1CC(=O)Nc1ccc(Cl)c(Cl)c1. The summed E-state index contributed by atoms with van der Waals surface area (Å²) < 4.78 is 1.22. The number of aromatic nitrogens is 2. The van der Waals surface area contributed by atoms with Crippen LogP contribution in [0.25, 0.3) is 10.2 Å². The van der Waals surface area contributed by atoms with E-state index in [2.05, 4.69) is 10.3 Å². The van der Waals surface area contributed by atoms with Crippen LogP contribution in [-0.2, 0) is 17.8 Å². The van der Waals surface area contributed by atoms with Gasteiger partial charge in [-0.05, 0) is 24.6 Å². The third-order valence-corrected chi connectivity index (χ3v) is 5.59. The number of aryl methyl sites for hydroxylation is 1. The lowest BCUT2D eigenvalue weighted by Gasteiger charge is -2.12. The molecule has 0 saturated carbocycles. The third-order valence-electron chi connectivity index (χ3n) is 3.98. The molecule has 2 N–H and O–H groups in total. The first kappa shape index (κ1) is 20.3. The first-order chi connectivity index (χ1) is 13.3. The summed E-state index contributed by atoms with van der Waals surface area (Å²) in [7, 11) is 0. The molecule has 2 aromatic heterocycles. The van der Waals surface area contributed by atoms with Crippen molar-refractivity contribution in [3.63, 3.8) is 0 Å². The Labute approximate surface area is 173 Å². The largest absolute Gasteiger partial charge is 0.478 e. The minimum atomic E-state index is -1.21. The van der Waals surface area contributed by atoms with Gasteiger partial charge in [0.15, 0.2) is 0 Å². The number of rotatable bonds is 6. The highest BCUT2D eigenvalue weighted by atomic mass is 35.5. The number of nitrogens with zero attached hydrogens (tertiary/aromatic N) is 2. The molecule has 3 aromatic rings. The molecule has 7 nitrogen and oxygen atoms in total. The molecule has 3 rings (SSSR count). The van der Waals surface area contributed by atoms with E-state index in [9.17, 15) is 19.5 Å². The second-order valence-electron chi connectivity index (χ2n) is 5.98. The minimum absolute atomic E-state index is 0.0136. The van der Waals surface area contributed by atoms with Crippen molar-refractivity contribution in [2.45, 2.75) is 26.3 Å². The van der Waals surface area contributed by atoms with Crippen LogP contribution < -0.4 is 10.9 Å². The maximum Gasteiger partial charge on any atom is 0.337 e. The first-order valence-electron chi connectivity index (χ1n) is 8.31. The number of nitrogens with one attached hydrogen (secondary N) is 1. The second kappa shape index (κ2) is 8.30. The molecule has 0 radical (unpaired) electrons. The van der Waals surface area contributed by atoms with Crippen molar-refractivity contribution in [2.24, 2.45) is 0 Å². The van der Waals surface area contributed by atoms with E-state index in [1.807, 2.05) is 6.92 Å². The molecule has 1 aromatic carbocycles. The first-order valence-corrected chi connectivity index (χ1v) is 9.94. The number of thiophene rings is 1. The fourth-order valence-electron chi connectivity index (χ4n) is 2.72. The molecule has 0 bridgehead atoms. The standard InChI is InChI=1S/C18H15Cl2N3O4S/c1-2-3-13-22-16-15(10(8-28-16)18(26)27)17(25)23(13)7-14(24)21-9-4-5-11(19)12(20)6-9/h4-6,8H,2-3,7H2,1H3,(H,21,24)(H,26,27). The second-order valence-corrected chi connectivity index (χ2v) is 7.65. The predicted octanol–water partition coefficient (Wildman–Crippen LogP) is 4.05. The Kier molecular flexibility index (Phi) is 6.02. The van der Waals surface area contributed by atoms with Gasteiger partial charge in [0.05, 0.1) is 21.0 Å². The fraction of sp³-hybridized carbons (Fsp3) is 0.222. The quantitative estimate of drug-likeness (QED) is 0.602. The molecule has 0 atom stereocenters. The molecule has 0 saturated heterocycles.